The summed E-state index contributed by atoms with van der Waals surface area (Å²) in [7, 11) is 0. The summed E-state index contributed by atoms with van der Waals surface area (Å²) >= 11 is 5.84. The van der Waals surface area contributed by atoms with Gasteiger partial charge in [0.1, 0.15) is 16.4 Å². The molecule has 2 heterocycles. The van der Waals surface area contributed by atoms with Gasteiger partial charge in [-0.15, -0.1) is 0 Å². The van der Waals surface area contributed by atoms with E-state index in [9.17, 15) is 4.79 Å². The van der Waals surface area contributed by atoms with Gasteiger partial charge in [-0.3, -0.25) is 4.57 Å². The molecule has 102 valence electrons. The Morgan fingerprint density at radius 2 is 2.25 bits per heavy atom. The van der Waals surface area contributed by atoms with E-state index in [2.05, 4.69) is 9.97 Å². The lowest BCUT2D eigenvalue weighted by molar-refractivity contribution is 0.484. The third kappa shape index (κ3) is 2.16. The van der Waals surface area contributed by atoms with Gasteiger partial charge in [0.05, 0.1) is 5.52 Å². The highest BCUT2D eigenvalue weighted by Gasteiger charge is 2.11. The fourth-order valence-corrected chi connectivity index (χ4v) is 2.31. The predicted octanol–water partition coefficient (Wildman–Crippen LogP) is 3.19. The molecule has 2 aromatic heterocycles. The van der Waals surface area contributed by atoms with E-state index in [0.29, 0.717) is 23.2 Å². The Kier molecular flexibility index (Phi) is 3.20. The smallest absolute Gasteiger partial charge is 0.326 e. The zero-order valence-electron chi connectivity index (χ0n) is 10.8. The number of aromatic nitrogens is 3. The fourth-order valence-electron chi connectivity index (χ4n) is 2.15. The first-order valence-corrected chi connectivity index (χ1v) is 6.58. The van der Waals surface area contributed by atoms with Crippen LogP contribution in [0.25, 0.3) is 11.0 Å². The number of fused-ring (bicyclic) bond motifs is 1. The number of hydrogen-bond donors (Lipinski definition) is 1. The van der Waals surface area contributed by atoms with Gasteiger partial charge in [-0.05, 0) is 25.1 Å². The highest BCUT2D eigenvalue weighted by atomic mass is 35.5. The standard InChI is InChI=1S/C14H12ClN3O2/c1-2-18-13-10(17-14(18)19)4-3-5-11(13)20-9-6-7-16-12(15)8-9/h3-8H,2H2,1H3,(H,17,19). The van der Waals surface area contributed by atoms with Crippen molar-refractivity contribution in [2.24, 2.45) is 0 Å². The van der Waals surface area contributed by atoms with Crippen molar-refractivity contribution in [2.45, 2.75) is 13.5 Å². The van der Waals surface area contributed by atoms with Crippen molar-refractivity contribution in [3.63, 3.8) is 0 Å². The molecule has 0 fully saturated rings. The largest absolute Gasteiger partial charge is 0.455 e. The van der Waals surface area contributed by atoms with Crippen molar-refractivity contribution >= 4 is 22.6 Å². The number of ether oxygens (including phenoxy) is 1. The molecule has 0 unspecified atom stereocenters. The Morgan fingerprint density at radius 3 is 3.00 bits per heavy atom. The van der Waals surface area contributed by atoms with Gasteiger partial charge in [-0.2, -0.15) is 0 Å². The van der Waals surface area contributed by atoms with Gasteiger partial charge < -0.3 is 9.72 Å². The topological polar surface area (TPSA) is 59.9 Å². The minimum atomic E-state index is -0.147. The van der Waals surface area contributed by atoms with Crippen LogP contribution in [0.4, 0.5) is 0 Å². The number of rotatable bonds is 3. The number of nitrogens with one attached hydrogen (secondary N) is 1. The zero-order chi connectivity index (χ0) is 14.1. The maximum absolute atomic E-state index is 11.8. The molecule has 5 nitrogen and oxygen atoms in total. The normalized spacial score (nSPS) is 10.9. The molecular weight excluding hydrogens is 278 g/mol. The summed E-state index contributed by atoms with van der Waals surface area (Å²) in [4.78, 5) is 18.6. The summed E-state index contributed by atoms with van der Waals surface area (Å²) in [5, 5.41) is 0.358. The summed E-state index contributed by atoms with van der Waals surface area (Å²) < 4.78 is 7.46. The van der Waals surface area contributed by atoms with Crippen molar-refractivity contribution in [3.8, 4) is 11.5 Å². The molecule has 0 aliphatic carbocycles. The molecule has 0 amide bonds. The zero-order valence-corrected chi connectivity index (χ0v) is 11.5. The Bertz CT molecular complexity index is 823. The van der Waals surface area contributed by atoms with E-state index < -0.39 is 0 Å². The molecule has 6 heteroatoms. The predicted molar refractivity (Wildman–Crippen MR) is 77.6 cm³/mol. The van der Waals surface area contributed by atoms with Crippen molar-refractivity contribution in [2.75, 3.05) is 0 Å². The molecule has 0 saturated carbocycles. The molecular formula is C14H12ClN3O2. The number of halogens is 1. The minimum absolute atomic E-state index is 0.147. The molecule has 0 spiro atoms. The Labute approximate surface area is 119 Å². The van der Waals surface area contributed by atoms with E-state index in [-0.39, 0.29) is 5.69 Å². The molecule has 1 aromatic carbocycles. The molecule has 0 bridgehead atoms. The summed E-state index contributed by atoms with van der Waals surface area (Å²) in [5.41, 5.74) is 1.34. The van der Waals surface area contributed by atoms with Gasteiger partial charge in [0.15, 0.2) is 5.75 Å². The van der Waals surface area contributed by atoms with Crippen molar-refractivity contribution in [3.05, 3.63) is 52.2 Å². The lowest BCUT2D eigenvalue weighted by Crippen LogP contribution is -2.15. The first-order valence-electron chi connectivity index (χ1n) is 6.20. The molecule has 20 heavy (non-hydrogen) atoms. The maximum Gasteiger partial charge on any atom is 0.326 e. The second kappa shape index (κ2) is 5.02. The van der Waals surface area contributed by atoms with Gasteiger partial charge in [0.2, 0.25) is 0 Å². The van der Waals surface area contributed by atoms with Crippen LogP contribution >= 0.6 is 11.6 Å². The summed E-state index contributed by atoms with van der Waals surface area (Å²) in [6.07, 6.45) is 1.57. The van der Waals surface area contributed by atoms with Crippen molar-refractivity contribution in [1.29, 1.82) is 0 Å². The average Bonchev–Trinajstić information content (AvgIpc) is 2.75. The van der Waals surface area contributed by atoms with E-state index in [1.165, 1.54) is 0 Å². The first-order chi connectivity index (χ1) is 9.69. The van der Waals surface area contributed by atoms with Gasteiger partial charge in [-0.1, -0.05) is 17.7 Å². The number of imidazole rings is 1. The Hall–Kier alpha value is -2.27. The van der Waals surface area contributed by atoms with Crippen LogP contribution in [-0.2, 0) is 6.54 Å². The minimum Gasteiger partial charge on any atom is -0.455 e. The number of aryl methyl sites for hydroxylation is 1. The van der Waals surface area contributed by atoms with E-state index in [1.54, 1.807) is 22.9 Å². The molecule has 0 saturated heterocycles. The monoisotopic (exact) mass is 289 g/mol. The van der Waals surface area contributed by atoms with Crippen LogP contribution in [0.2, 0.25) is 5.15 Å². The van der Waals surface area contributed by atoms with Gasteiger partial charge in [0.25, 0.3) is 0 Å². The number of H-pyrrole nitrogens is 1. The molecule has 3 rings (SSSR count). The lowest BCUT2D eigenvalue weighted by atomic mass is 10.3. The molecule has 0 radical (unpaired) electrons. The van der Waals surface area contributed by atoms with Crippen molar-refractivity contribution < 1.29 is 4.74 Å². The fraction of sp³-hybridized carbons (Fsp3) is 0.143. The van der Waals surface area contributed by atoms with Crippen LogP contribution < -0.4 is 10.4 Å². The first kappa shape index (κ1) is 12.7. The molecule has 0 aliphatic heterocycles. The van der Waals surface area contributed by atoms with Gasteiger partial charge in [0, 0.05) is 18.8 Å². The third-order valence-corrected chi connectivity index (χ3v) is 3.20. The Morgan fingerprint density at radius 1 is 1.40 bits per heavy atom. The van der Waals surface area contributed by atoms with E-state index in [1.807, 2.05) is 25.1 Å². The number of pyridine rings is 1. The Balaban J connectivity index is 2.14. The lowest BCUT2D eigenvalue weighted by Gasteiger charge is -2.08. The van der Waals surface area contributed by atoms with Crippen LogP contribution in [0.1, 0.15) is 6.92 Å². The van der Waals surface area contributed by atoms with E-state index >= 15 is 0 Å². The van der Waals surface area contributed by atoms with Gasteiger partial charge in [-0.25, -0.2) is 9.78 Å². The van der Waals surface area contributed by atoms with Gasteiger partial charge >= 0.3 is 5.69 Å². The average molecular weight is 290 g/mol. The van der Waals surface area contributed by atoms with Crippen LogP contribution in [0.15, 0.2) is 41.3 Å². The number of benzene rings is 1. The summed E-state index contributed by atoms with van der Waals surface area (Å²) in [5.74, 6) is 1.18. The highest BCUT2D eigenvalue weighted by molar-refractivity contribution is 6.29. The quantitative estimate of drug-likeness (QED) is 0.753. The summed E-state index contributed by atoms with van der Waals surface area (Å²) in [6.45, 7) is 2.48. The highest BCUT2D eigenvalue weighted by Crippen LogP contribution is 2.29. The SMILES string of the molecule is CCn1c(=O)[nH]c2cccc(Oc3ccnc(Cl)c3)c21. The second-order valence-corrected chi connectivity index (χ2v) is 4.63. The van der Waals surface area contributed by atoms with Crippen LogP contribution in [0.3, 0.4) is 0 Å². The molecule has 1 N–H and O–H groups in total. The van der Waals surface area contributed by atoms with Crippen LogP contribution in [0, 0.1) is 0 Å². The summed E-state index contributed by atoms with van der Waals surface area (Å²) in [6, 6.07) is 8.83. The molecule has 3 aromatic rings. The maximum atomic E-state index is 11.8. The van der Waals surface area contributed by atoms with E-state index in [0.717, 1.165) is 11.0 Å². The second-order valence-electron chi connectivity index (χ2n) is 4.24. The van der Waals surface area contributed by atoms with E-state index in [4.69, 9.17) is 16.3 Å². The number of nitrogens with zero attached hydrogens (tertiary/aromatic N) is 2. The molecule has 0 atom stereocenters. The van der Waals surface area contributed by atoms with Crippen molar-refractivity contribution in [1.82, 2.24) is 14.5 Å². The molecule has 0 aliphatic rings. The van der Waals surface area contributed by atoms with Crippen LogP contribution in [0.5, 0.6) is 11.5 Å². The number of para-hydroxylation sites is 1. The number of aromatic amines is 1. The third-order valence-electron chi connectivity index (χ3n) is 3.00. The van der Waals surface area contributed by atoms with Crippen LogP contribution in [-0.4, -0.2) is 14.5 Å². The number of hydrogen-bond acceptors (Lipinski definition) is 3.